The smallest absolute Gasteiger partial charge is 0.253 e. The second-order valence-corrected chi connectivity index (χ2v) is 6.67. The second kappa shape index (κ2) is 10.3. The van der Waals surface area contributed by atoms with Gasteiger partial charge in [-0.3, -0.25) is 9.69 Å². The van der Waals surface area contributed by atoms with Gasteiger partial charge in [-0.2, -0.15) is 0 Å². The Hall–Kier alpha value is -2.08. The zero-order valence-corrected chi connectivity index (χ0v) is 16.6. The number of benzene rings is 2. The summed E-state index contributed by atoms with van der Waals surface area (Å²) in [5.74, 6) is 0.988. The maximum absolute atomic E-state index is 12.7. The first-order chi connectivity index (χ1) is 12.7. The van der Waals surface area contributed by atoms with Crippen molar-refractivity contribution in [3.63, 3.8) is 0 Å². The Bertz CT molecular complexity index is 719. The van der Waals surface area contributed by atoms with Gasteiger partial charge in [-0.1, -0.05) is 24.3 Å². The molecule has 0 radical (unpaired) electrons. The van der Waals surface area contributed by atoms with Crippen molar-refractivity contribution in [2.45, 2.75) is 19.5 Å². The van der Waals surface area contributed by atoms with E-state index in [1.807, 2.05) is 41.3 Å². The summed E-state index contributed by atoms with van der Waals surface area (Å²) in [5, 5.41) is 0. The first-order valence-corrected chi connectivity index (χ1v) is 9.13. The van der Waals surface area contributed by atoms with Gasteiger partial charge in [-0.05, 0) is 41.8 Å². The van der Waals surface area contributed by atoms with Gasteiger partial charge in [0.05, 0.1) is 7.11 Å². The molecule has 3 rings (SSSR count). The Balaban J connectivity index is 0.00000261. The maximum Gasteiger partial charge on any atom is 0.253 e. The van der Waals surface area contributed by atoms with E-state index < -0.39 is 0 Å². The van der Waals surface area contributed by atoms with Crippen LogP contribution >= 0.6 is 12.4 Å². The molecule has 0 aliphatic carbocycles. The Kier molecular flexibility index (Phi) is 8.10. The van der Waals surface area contributed by atoms with Gasteiger partial charge in [0.25, 0.3) is 5.91 Å². The number of rotatable bonds is 5. The lowest BCUT2D eigenvalue weighted by Crippen LogP contribution is -2.35. The number of nitrogens with zero attached hydrogens (tertiary/aromatic N) is 2. The highest BCUT2D eigenvalue weighted by Crippen LogP contribution is 2.15. The van der Waals surface area contributed by atoms with Gasteiger partial charge in [0.15, 0.2) is 0 Å². The van der Waals surface area contributed by atoms with Crippen molar-refractivity contribution in [2.75, 3.05) is 33.3 Å². The number of amides is 1. The summed E-state index contributed by atoms with van der Waals surface area (Å²) in [6.07, 6.45) is 0.989. The molecule has 1 heterocycles. The van der Waals surface area contributed by atoms with Gasteiger partial charge in [0.2, 0.25) is 0 Å². The van der Waals surface area contributed by atoms with E-state index in [9.17, 15) is 4.79 Å². The zero-order chi connectivity index (χ0) is 18.4. The number of carbonyl (C=O) groups excluding carboxylic acids is 1. The van der Waals surface area contributed by atoms with Crippen LogP contribution in [-0.4, -0.2) is 49.0 Å². The van der Waals surface area contributed by atoms with Crippen molar-refractivity contribution in [3.8, 4) is 5.75 Å². The topological polar surface area (TPSA) is 58.8 Å². The van der Waals surface area contributed by atoms with Gasteiger partial charge < -0.3 is 15.4 Å². The molecule has 2 aromatic rings. The third kappa shape index (κ3) is 5.70. The fourth-order valence-electron chi connectivity index (χ4n) is 3.29. The first kappa shape index (κ1) is 21.2. The van der Waals surface area contributed by atoms with Crippen molar-refractivity contribution >= 4 is 18.3 Å². The summed E-state index contributed by atoms with van der Waals surface area (Å²) in [7, 11) is 1.68. The molecule has 5 nitrogen and oxygen atoms in total. The Labute approximate surface area is 167 Å². The van der Waals surface area contributed by atoms with Crippen LogP contribution in [0.15, 0.2) is 48.5 Å². The van der Waals surface area contributed by atoms with E-state index in [1.54, 1.807) is 7.11 Å². The van der Waals surface area contributed by atoms with Gasteiger partial charge in [0, 0.05) is 44.8 Å². The largest absolute Gasteiger partial charge is 0.497 e. The van der Waals surface area contributed by atoms with Crippen molar-refractivity contribution in [3.05, 3.63) is 65.2 Å². The normalized spacial score (nSPS) is 15.0. The minimum atomic E-state index is 0. The Morgan fingerprint density at radius 2 is 1.63 bits per heavy atom. The summed E-state index contributed by atoms with van der Waals surface area (Å²) in [6, 6.07) is 15.8. The third-order valence-electron chi connectivity index (χ3n) is 4.88. The molecular formula is C21H28ClN3O2. The van der Waals surface area contributed by atoms with E-state index in [0.717, 1.165) is 56.0 Å². The molecule has 1 saturated heterocycles. The molecule has 1 fully saturated rings. The highest BCUT2D eigenvalue weighted by atomic mass is 35.5. The Morgan fingerprint density at radius 1 is 0.963 bits per heavy atom. The molecule has 2 aromatic carbocycles. The summed E-state index contributed by atoms with van der Waals surface area (Å²) < 4.78 is 5.21. The van der Waals surface area contributed by atoms with Crippen LogP contribution in [0.3, 0.4) is 0 Å². The molecule has 0 atom stereocenters. The van der Waals surface area contributed by atoms with E-state index in [-0.39, 0.29) is 18.3 Å². The highest BCUT2D eigenvalue weighted by molar-refractivity contribution is 5.94. The van der Waals surface area contributed by atoms with E-state index in [1.165, 1.54) is 5.56 Å². The van der Waals surface area contributed by atoms with Crippen molar-refractivity contribution in [1.29, 1.82) is 0 Å². The molecule has 2 N–H and O–H groups in total. The lowest BCUT2D eigenvalue weighted by Gasteiger charge is -2.22. The van der Waals surface area contributed by atoms with Crippen LogP contribution in [-0.2, 0) is 13.1 Å². The standard InChI is InChI=1S/C21H27N3O2.ClH/c1-26-20-9-5-18(6-10-20)16-23-11-2-12-24(14-13-23)21(25)19-7-3-17(15-22)4-8-19;/h3-10H,2,11-16,22H2,1H3;1H. The average molecular weight is 390 g/mol. The van der Waals surface area contributed by atoms with Crippen molar-refractivity contribution in [1.82, 2.24) is 9.80 Å². The number of carbonyl (C=O) groups is 1. The molecule has 1 aliphatic rings. The number of halogens is 1. The fraction of sp³-hybridized carbons (Fsp3) is 0.381. The van der Waals surface area contributed by atoms with Crippen LogP contribution in [0.25, 0.3) is 0 Å². The molecular weight excluding hydrogens is 362 g/mol. The molecule has 0 bridgehead atoms. The predicted molar refractivity (Wildman–Crippen MR) is 110 cm³/mol. The highest BCUT2D eigenvalue weighted by Gasteiger charge is 2.20. The van der Waals surface area contributed by atoms with Gasteiger partial charge >= 0.3 is 0 Å². The van der Waals surface area contributed by atoms with Crippen LogP contribution < -0.4 is 10.5 Å². The summed E-state index contributed by atoms with van der Waals surface area (Å²) in [6.45, 7) is 4.85. The van der Waals surface area contributed by atoms with E-state index >= 15 is 0 Å². The maximum atomic E-state index is 12.7. The molecule has 0 aromatic heterocycles. The molecule has 6 heteroatoms. The lowest BCUT2D eigenvalue weighted by atomic mass is 10.1. The number of hydrogen-bond acceptors (Lipinski definition) is 4. The quantitative estimate of drug-likeness (QED) is 0.854. The number of ether oxygens (including phenoxy) is 1. The lowest BCUT2D eigenvalue weighted by molar-refractivity contribution is 0.0761. The molecule has 1 amide bonds. The van der Waals surface area contributed by atoms with Crippen LogP contribution in [0.2, 0.25) is 0 Å². The number of nitrogens with two attached hydrogens (primary N) is 1. The minimum absolute atomic E-state index is 0. The van der Waals surface area contributed by atoms with E-state index in [2.05, 4.69) is 17.0 Å². The number of methoxy groups -OCH3 is 1. The van der Waals surface area contributed by atoms with E-state index in [0.29, 0.717) is 6.54 Å². The first-order valence-electron chi connectivity index (χ1n) is 9.13. The third-order valence-corrected chi connectivity index (χ3v) is 4.88. The monoisotopic (exact) mass is 389 g/mol. The fourth-order valence-corrected chi connectivity index (χ4v) is 3.29. The molecule has 27 heavy (non-hydrogen) atoms. The van der Waals surface area contributed by atoms with Crippen LogP contribution in [0.4, 0.5) is 0 Å². The van der Waals surface area contributed by atoms with Gasteiger partial charge in [-0.25, -0.2) is 0 Å². The summed E-state index contributed by atoms with van der Waals surface area (Å²) >= 11 is 0. The Morgan fingerprint density at radius 3 is 2.26 bits per heavy atom. The zero-order valence-electron chi connectivity index (χ0n) is 15.8. The second-order valence-electron chi connectivity index (χ2n) is 6.67. The van der Waals surface area contributed by atoms with Crippen LogP contribution in [0.5, 0.6) is 5.75 Å². The van der Waals surface area contributed by atoms with Crippen molar-refractivity contribution < 1.29 is 9.53 Å². The number of hydrogen-bond donors (Lipinski definition) is 1. The van der Waals surface area contributed by atoms with Crippen LogP contribution in [0.1, 0.15) is 27.9 Å². The molecule has 146 valence electrons. The molecule has 0 saturated carbocycles. The molecule has 1 aliphatic heterocycles. The summed E-state index contributed by atoms with van der Waals surface area (Å²) in [5.41, 5.74) is 8.68. The van der Waals surface area contributed by atoms with Crippen LogP contribution in [0, 0.1) is 0 Å². The molecule has 0 unspecified atom stereocenters. The van der Waals surface area contributed by atoms with E-state index in [4.69, 9.17) is 10.5 Å². The van der Waals surface area contributed by atoms with Gasteiger partial charge in [0.1, 0.15) is 5.75 Å². The minimum Gasteiger partial charge on any atom is -0.497 e. The van der Waals surface area contributed by atoms with Gasteiger partial charge in [-0.15, -0.1) is 12.4 Å². The van der Waals surface area contributed by atoms with Crippen molar-refractivity contribution in [2.24, 2.45) is 5.73 Å². The predicted octanol–water partition coefficient (Wildman–Crippen LogP) is 2.92. The summed E-state index contributed by atoms with van der Waals surface area (Å²) in [4.78, 5) is 17.1. The SMILES string of the molecule is COc1ccc(CN2CCCN(C(=O)c3ccc(CN)cc3)CC2)cc1.Cl. The average Bonchev–Trinajstić information content (AvgIpc) is 2.94. The molecule has 0 spiro atoms.